The maximum Gasteiger partial charge on any atom is 0.341 e. The van der Waals surface area contributed by atoms with Crippen molar-refractivity contribution in [3.05, 3.63) is 28.2 Å². The zero-order valence-corrected chi connectivity index (χ0v) is 16.8. The molecule has 1 aromatic heterocycles. The van der Waals surface area contributed by atoms with Gasteiger partial charge in [0.05, 0.1) is 19.3 Å². The van der Waals surface area contributed by atoms with Gasteiger partial charge in [-0.2, -0.15) is 0 Å². The minimum atomic E-state index is -0.632. The molecule has 1 aromatic rings. The van der Waals surface area contributed by atoms with Gasteiger partial charge in [0.15, 0.2) is 0 Å². The number of rotatable bonds is 9. The lowest BCUT2D eigenvalue weighted by Crippen LogP contribution is -2.18. The average molecular weight is 381 g/mol. The number of allylic oxidation sites excluding steroid dienone is 2. The van der Waals surface area contributed by atoms with E-state index in [0.29, 0.717) is 10.6 Å². The van der Waals surface area contributed by atoms with E-state index in [0.717, 1.165) is 17.7 Å². The lowest BCUT2D eigenvalue weighted by molar-refractivity contribution is -0.142. The molecule has 6 nitrogen and oxygen atoms in total. The molecule has 0 saturated heterocycles. The summed E-state index contributed by atoms with van der Waals surface area (Å²) in [5.74, 6) is -1.41. The summed E-state index contributed by atoms with van der Waals surface area (Å²) in [5.41, 5.74) is 1.59. The van der Waals surface area contributed by atoms with Gasteiger partial charge in [0, 0.05) is 4.88 Å². The first kappa shape index (κ1) is 21.9. The Labute approximate surface area is 158 Å². The molecular formula is C19H27NO5S. The van der Waals surface area contributed by atoms with Crippen LogP contribution in [0.1, 0.15) is 68.1 Å². The van der Waals surface area contributed by atoms with Crippen molar-refractivity contribution in [3.63, 3.8) is 0 Å². The highest BCUT2D eigenvalue weighted by Crippen LogP contribution is 2.35. The minimum absolute atomic E-state index is 0.232. The van der Waals surface area contributed by atoms with Crippen LogP contribution in [0.5, 0.6) is 0 Å². The fourth-order valence-corrected chi connectivity index (χ4v) is 3.39. The Morgan fingerprint density at radius 1 is 1.31 bits per heavy atom. The highest BCUT2D eigenvalue weighted by Gasteiger charge is 2.22. The van der Waals surface area contributed by atoms with E-state index in [9.17, 15) is 14.4 Å². The minimum Gasteiger partial charge on any atom is -0.469 e. The van der Waals surface area contributed by atoms with E-state index in [-0.39, 0.29) is 12.5 Å². The van der Waals surface area contributed by atoms with Gasteiger partial charge in [0.1, 0.15) is 11.4 Å². The first-order chi connectivity index (χ1) is 12.3. The van der Waals surface area contributed by atoms with Gasteiger partial charge in [0.25, 0.3) is 0 Å². The SMILES string of the molecule is CCOC(=O)c1cc([C@@H](C)CCC=C(C)C)sc1NC(=O)CC(=O)OC. The Morgan fingerprint density at radius 2 is 2.00 bits per heavy atom. The summed E-state index contributed by atoms with van der Waals surface area (Å²) in [7, 11) is 1.22. The van der Waals surface area contributed by atoms with Crippen molar-refractivity contribution >= 4 is 34.2 Å². The predicted molar refractivity (Wildman–Crippen MR) is 103 cm³/mol. The number of hydrogen-bond donors (Lipinski definition) is 1. The second-order valence-electron chi connectivity index (χ2n) is 6.17. The van der Waals surface area contributed by atoms with Crippen LogP contribution in [0.15, 0.2) is 17.7 Å². The van der Waals surface area contributed by atoms with Crippen molar-refractivity contribution in [1.29, 1.82) is 0 Å². The number of hydrogen-bond acceptors (Lipinski definition) is 6. The molecule has 0 fully saturated rings. The van der Waals surface area contributed by atoms with Crippen molar-refractivity contribution in [3.8, 4) is 0 Å². The topological polar surface area (TPSA) is 81.7 Å². The van der Waals surface area contributed by atoms with Crippen LogP contribution in [0.3, 0.4) is 0 Å². The smallest absolute Gasteiger partial charge is 0.341 e. The van der Waals surface area contributed by atoms with Crippen molar-refractivity contribution in [2.45, 2.75) is 52.9 Å². The summed E-state index contributed by atoms with van der Waals surface area (Å²) in [4.78, 5) is 36.4. The summed E-state index contributed by atoms with van der Waals surface area (Å²) >= 11 is 1.34. The Balaban J connectivity index is 2.97. The third-order valence-corrected chi connectivity index (χ3v) is 4.95. The molecule has 1 heterocycles. The molecule has 0 aliphatic carbocycles. The number of carbonyl (C=O) groups is 3. The first-order valence-electron chi connectivity index (χ1n) is 8.59. The second-order valence-corrected chi connectivity index (χ2v) is 7.26. The number of ether oxygens (including phenoxy) is 2. The lowest BCUT2D eigenvalue weighted by atomic mass is 10.0. The summed E-state index contributed by atoms with van der Waals surface area (Å²) in [6.45, 7) is 8.17. The van der Waals surface area contributed by atoms with Gasteiger partial charge in [-0.1, -0.05) is 18.6 Å². The third-order valence-electron chi connectivity index (χ3n) is 3.67. The van der Waals surface area contributed by atoms with Gasteiger partial charge in [-0.3, -0.25) is 9.59 Å². The molecule has 0 aromatic carbocycles. The van der Waals surface area contributed by atoms with Gasteiger partial charge in [-0.05, 0) is 45.6 Å². The number of anilines is 1. The summed E-state index contributed by atoms with van der Waals surface area (Å²) in [6, 6.07) is 1.77. The van der Waals surface area contributed by atoms with Crippen molar-refractivity contribution in [1.82, 2.24) is 0 Å². The Kier molecular flexibility index (Phi) is 9.05. The zero-order chi connectivity index (χ0) is 19.7. The molecule has 1 N–H and O–H groups in total. The number of nitrogens with one attached hydrogen (secondary N) is 1. The Morgan fingerprint density at radius 3 is 2.58 bits per heavy atom. The number of esters is 2. The van der Waals surface area contributed by atoms with E-state index in [4.69, 9.17) is 4.74 Å². The molecule has 144 valence electrons. The standard InChI is InChI=1S/C19H27NO5S/c1-6-25-19(23)14-10-15(13(4)9-7-8-12(2)3)26-18(14)20-16(21)11-17(22)24-5/h8,10,13H,6-7,9,11H2,1-5H3,(H,20,21)/t13-/m0/s1. The molecule has 1 rings (SSSR count). The van der Waals surface area contributed by atoms with Crippen molar-refractivity contribution < 1.29 is 23.9 Å². The van der Waals surface area contributed by atoms with E-state index < -0.39 is 24.3 Å². The highest BCUT2D eigenvalue weighted by molar-refractivity contribution is 7.16. The number of thiophene rings is 1. The van der Waals surface area contributed by atoms with Crippen molar-refractivity contribution in [2.75, 3.05) is 19.0 Å². The highest BCUT2D eigenvalue weighted by atomic mass is 32.1. The molecule has 7 heteroatoms. The van der Waals surface area contributed by atoms with E-state index in [2.05, 4.69) is 36.9 Å². The molecule has 0 saturated carbocycles. The van der Waals surface area contributed by atoms with Gasteiger partial charge in [0.2, 0.25) is 5.91 Å². The van der Waals surface area contributed by atoms with Crippen LogP contribution >= 0.6 is 11.3 Å². The van der Waals surface area contributed by atoms with Gasteiger partial charge in [-0.15, -0.1) is 11.3 Å². The molecule has 0 unspecified atom stereocenters. The molecule has 1 amide bonds. The van der Waals surface area contributed by atoms with Crippen LogP contribution in [0, 0.1) is 0 Å². The van der Waals surface area contributed by atoms with Crippen LogP contribution in [0.4, 0.5) is 5.00 Å². The summed E-state index contributed by atoms with van der Waals surface area (Å²) in [5, 5.41) is 3.03. The molecule has 0 aliphatic heterocycles. The van der Waals surface area contributed by atoms with E-state index >= 15 is 0 Å². The zero-order valence-electron chi connectivity index (χ0n) is 16.0. The van der Waals surface area contributed by atoms with E-state index in [1.807, 2.05) is 0 Å². The number of amides is 1. The third kappa shape index (κ3) is 7.00. The lowest BCUT2D eigenvalue weighted by Gasteiger charge is -2.07. The maximum atomic E-state index is 12.2. The largest absolute Gasteiger partial charge is 0.469 e. The fourth-order valence-electron chi connectivity index (χ4n) is 2.24. The molecule has 0 bridgehead atoms. The van der Waals surface area contributed by atoms with E-state index in [1.165, 1.54) is 24.0 Å². The van der Waals surface area contributed by atoms with Crippen LogP contribution in [0.2, 0.25) is 0 Å². The van der Waals surface area contributed by atoms with Crippen LogP contribution in [-0.2, 0) is 19.1 Å². The maximum absolute atomic E-state index is 12.2. The summed E-state index contributed by atoms with van der Waals surface area (Å²) < 4.78 is 9.56. The van der Waals surface area contributed by atoms with Crippen LogP contribution < -0.4 is 5.32 Å². The summed E-state index contributed by atoms with van der Waals surface area (Å²) in [6.07, 6.45) is 3.65. The Hall–Kier alpha value is -2.15. The average Bonchev–Trinajstić information content (AvgIpc) is 2.98. The second kappa shape index (κ2) is 10.8. The number of carbonyl (C=O) groups excluding carboxylic acids is 3. The first-order valence-corrected chi connectivity index (χ1v) is 9.41. The predicted octanol–water partition coefficient (Wildman–Crippen LogP) is 4.28. The fraction of sp³-hybridized carbons (Fsp3) is 0.526. The van der Waals surface area contributed by atoms with Gasteiger partial charge < -0.3 is 14.8 Å². The molecule has 26 heavy (non-hydrogen) atoms. The normalized spacial score (nSPS) is 11.4. The van der Waals surface area contributed by atoms with E-state index in [1.54, 1.807) is 13.0 Å². The molecule has 1 atom stereocenters. The van der Waals surface area contributed by atoms with Gasteiger partial charge in [-0.25, -0.2) is 4.79 Å². The Bertz CT molecular complexity index is 673. The molecular weight excluding hydrogens is 354 g/mol. The molecule has 0 spiro atoms. The van der Waals surface area contributed by atoms with Crippen molar-refractivity contribution in [2.24, 2.45) is 0 Å². The van der Waals surface area contributed by atoms with Gasteiger partial charge >= 0.3 is 11.9 Å². The molecule has 0 aliphatic rings. The molecule has 0 radical (unpaired) electrons. The van der Waals surface area contributed by atoms with Crippen LogP contribution in [-0.4, -0.2) is 31.6 Å². The quantitative estimate of drug-likeness (QED) is 0.392. The monoisotopic (exact) mass is 381 g/mol. The number of methoxy groups -OCH3 is 1. The van der Waals surface area contributed by atoms with Crippen LogP contribution in [0.25, 0.3) is 0 Å².